The van der Waals surface area contributed by atoms with Crippen LogP contribution in [0.5, 0.6) is 5.75 Å². The first kappa shape index (κ1) is 24.7. The topological polar surface area (TPSA) is 87.9 Å². The minimum atomic E-state index is -0.741. The maximum Gasteiger partial charge on any atom is 0.287 e. The maximum absolute atomic E-state index is 13.5. The molecule has 0 aliphatic heterocycles. The Kier molecular flexibility index (Phi) is 11.0. The van der Waals surface area contributed by atoms with Gasteiger partial charge in [0, 0.05) is 31.8 Å². The van der Waals surface area contributed by atoms with E-state index in [2.05, 4.69) is 20.9 Å². The molecule has 0 aliphatic carbocycles. The molecule has 1 aromatic carbocycles. The molecule has 2 aromatic rings. The standard InChI is InChI=1S/C19H24F2N4O3.HI/c1-13-6-10-28-17(13)18(26)23-7-3-8-24-19(22-2)25-9-11-27-16-5-4-14(20)12-15(16)21;/h4-6,10,12H,3,7-9,11H2,1-2H3,(H,23,26)(H2,22,24,25);1H. The molecule has 0 bridgehead atoms. The minimum absolute atomic E-state index is 0. The monoisotopic (exact) mass is 522 g/mol. The third kappa shape index (κ3) is 8.26. The van der Waals surface area contributed by atoms with Gasteiger partial charge in [0.25, 0.3) is 5.91 Å². The number of nitrogens with one attached hydrogen (secondary N) is 3. The van der Waals surface area contributed by atoms with Crippen LogP contribution >= 0.6 is 24.0 Å². The van der Waals surface area contributed by atoms with Crippen molar-refractivity contribution >= 4 is 35.8 Å². The summed E-state index contributed by atoms with van der Waals surface area (Å²) in [5, 5.41) is 8.89. The molecule has 0 aliphatic rings. The van der Waals surface area contributed by atoms with Crippen molar-refractivity contribution in [3.8, 4) is 5.75 Å². The van der Waals surface area contributed by atoms with E-state index in [0.717, 1.165) is 17.7 Å². The van der Waals surface area contributed by atoms with Gasteiger partial charge in [-0.3, -0.25) is 9.79 Å². The van der Waals surface area contributed by atoms with Crippen molar-refractivity contribution in [1.82, 2.24) is 16.0 Å². The van der Waals surface area contributed by atoms with E-state index in [0.29, 0.717) is 37.8 Å². The van der Waals surface area contributed by atoms with Crippen molar-refractivity contribution in [3.63, 3.8) is 0 Å². The Morgan fingerprint density at radius 3 is 2.52 bits per heavy atom. The molecule has 0 saturated carbocycles. The van der Waals surface area contributed by atoms with Crippen molar-refractivity contribution in [2.24, 2.45) is 4.99 Å². The van der Waals surface area contributed by atoms with Crippen LogP contribution in [0.4, 0.5) is 8.78 Å². The number of guanidine groups is 1. The zero-order valence-corrected chi connectivity index (χ0v) is 18.6. The molecule has 1 amide bonds. The van der Waals surface area contributed by atoms with Gasteiger partial charge in [0.15, 0.2) is 23.3 Å². The highest BCUT2D eigenvalue weighted by Crippen LogP contribution is 2.17. The van der Waals surface area contributed by atoms with E-state index in [4.69, 9.17) is 9.15 Å². The van der Waals surface area contributed by atoms with Crippen LogP contribution in [0.2, 0.25) is 0 Å². The number of benzene rings is 1. The SMILES string of the molecule is CN=C(NCCCNC(=O)c1occc1C)NCCOc1ccc(F)cc1F.I. The molecule has 160 valence electrons. The van der Waals surface area contributed by atoms with Gasteiger partial charge in [-0.15, -0.1) is 24.0 Å². The second-order valence-corrected chi connectivity index (χ2v) is 5.89. The number of halogens is 3. The van der Waals surface area contributed by atoms with Gasteiger partial charge in [-0.25, -0.2) is 8.78 Å². The average Bonchev–Trinajstić information content (AvgIpc) is 3.10. The van der Waals surface area contributed by atoms with E-state index in [1.807, 2.05) is 6.92 Å². The van der Waals surface area contributed by atoms with E-state index in [1.165, 1.54) is 12.3 Å². The number of aliphatic imine (C=N–C) groups is 1. The second-order valence-electron chi connectivity index (χ2n) is 5.89. The van der Waals surface area contributed by atoms with Crippen LogP contribution in [0.1, 0.15) is 22.5 Å². The molecule has 3 N–H and O–H groups in total. The first-order chi connectivity index (χ1) is 13.5. The zero-order chi connectivity index (χ0) is 20.4. The summed E-state index contributed by atoms with van der Waals surface area (Å²) < 4.78 is 36.7. The number of nitrogens with zero attached hydrogens (tertiary/aromatic N) is 1. The van der Waals surface area contributed by atoms with Crippen LogP contribution in [-0.4, -0.2) is 45.2 Å². The lowest BCUT2D eigenvalue weighted by Gasteiger charge is -2.13. The van der Waals surface area contributed by atoms with Crippen molar-refractivity contribution in [3.05, 3.63) is 53.5 Å². The van der Waals surface area contributed by atoms with Gasteiger partial charge in [-0.2, -0.15) is 0 Å². The number of hydrogen-bond acceptors (Lipinski definition) is 4. The number of amides is 1. The minimum Gasteiger partial charge on any atom is -0.489 e. The van der Waals surface area contributed by atoms with Crippen molar-refractivity contribution in [2.75, 3.05) is 33.3 Å². The van der Waals surface area contributed by atoms with E-state index in [1.54, 1.807) is 13.1 Å². The van der Waals surface area contributed by atoms with Crippen molar-refractivity contribution in [2.45, 2.75) is 13.3 Å². The van der Waals surface area contributed by atoms with Gasteiger partial charge in [0.1, 0.15) is 12.4 Å². The highest BCUT2D eigenvalue weighted by Gasteiger charge is 2.11. The average molecular weight is 522 g/mol. The summed E-state index contributed by atoms with van der Waals surface area (Å²) in [5.41, 5.74) is 0.794. The Labute approximate surface area is 185 Å². The van der Waals surface area contributed by atoms with E-state index >= 15 is 0 Å². The zero-order valence-electron chi connectivity index (χ0n) is 16.3. The highest BCUT2D eigenvalue weighted by molar-refractivity contribution is 14.0. The maximum atomic E-state index is 13.5. The van der Waals surface area contributed by atoms with E-state index in [-0.39, 0.29) is 42.2 Å². The molecule has 0 unspecified atom stereocenters. The molecule has 1 heterocycles. The summed E-state index contributed by atoms with van der Waals surface area (Å²) in [6.07, 6.45) is 2.17. The molecule has 0 atom stereocenters. The number of carbonyl (C=O) groups excluding carboxylic acids is 1. The predicted molar refractivity (Wildman–Crippen MR) is 117 cm³/mol. The number of ether oxygens (including phenoxy) is 1. The third-order valence-electron chi connectivity index (χ3n) is 3.77. The molecule has 0 fully saturated rings. The first-order valence-electron chi connectivity index (χ1n) is 8.86. The summed E-state index contributed by atoms with van der Waals surface area (Å²) in [6, 6.07) is 4.89. The van der Waals surface area contributed by atoms with Crippen LogP contribution in [0.3, 0.4) is 0 Å². The number of furan rings is 1. The van der Waals surface area contributed by atoms with Crippen molar-refractivity contribution in [1.29, 1.82) is 0 Å². The summed E-state index contributed by atoms with van der Waals surface area (Å²) >= 11 is 0. The molecular weight excluding hydrogens is 497 g/mol. The Balaban J connectivity index is 0.00000420. The molecule has 10 heteroatoms. The highest BCUT2D eigenvalue weighted by atomic mass is 127. The van der Waals surface area contributed by atoms with Gasteiger partial charge in [-0.1, -0.05) is 0 Å². The second kappa shape index (κ2) is 13.0. The van der Waals surface area contributed by atoms with Gasteiger partial charge < -0.3 is 25.1 Å². The summed E-state index contributed by atoms with van der Waals surface area (Å²) in [5.74, 6) is -0.763. The van der Waals surface area contributed by atoms with Crippen LogP contribution in [0.15, 0.2) is 39.9 Å². The summed E-state index contributed by atoms with van der Waals surface area (Å²) in [4.78, 5) is 16.0. The molecular formula is C19H25F2IN4O3. The fraction of sp³-hybridized carbons (Fsp3) is 0.368. The van der Waals surface area contributed by atoms with Crippen molar-refractivity contribution < 1.29 is 22.7 Å². The third-order valence-corrected chi connectivity index (χ3v) is 3.77. The Hall–Kier alpha value is -2.37. The van der Waals surface area contributed by atoms with Crippen LogP contribution in [0, 0.1) is 18.6 Å². The number of aryl methyl sites for hydroxylation is 1. The fourth-order valence-corrected chi connectivity index (χ4v) is 2.33. The van der Waals surface area contributed by atoms with Gasteiger partial charge in [0.05, 0.1) is 12.8 Å². The first-order valence-corrected chi connectivity index (χ1v) is 8.86. The normalized spacial score (nSPS) is 10.8. The summed E-state index contributed by atoms with van der Waals surface area (Å²) in [6.45, 7) is 3.44. The number of rotatable bonds is 9. The quantitative estimate of drug-likeness (QED) is 0.204. The Morgan fingerprint density at radius 2 is 1.86 bits per heavy atom. The molecule has 0 saturated heterocycles. The molecule has 29 heavy (non-hydrogen) atoms. The van der Waals surface area contributed by atoms with Crippen LogP contribution < -0.4 is 20.7 Å². The number of carbonyl (C=O) groups is 1. The molecule has 1 aromatic heterocycles. The van der Waals surface area contributed by atoms with Gasteiger partial charge in [-0.05, 0) is 31.5 Å². The number of hydrogen-bond donors (Lipinski definition) is 3. The van der Waals surface area contributed by atoms with Gasteiger partial charge in [0.2, 0.25) is 0 Å². The molecule has 7 nitrogen and oxygen atoms in total. The van der Waals surface area contributed by atoms with Crippen LogP contribution in [0.25, 0.3) is 0 Å². The summed E-state index contributed by atoms with van der Waals surface area (Å²) in [7, 11) is 1.62. The Bertz CT molecular complexity index is 815. The molecule has 2 rings (SSSR count). The lowest BCUT2D eigenvalue weighted by Crippen LogP contribution is -2.40. The van der Waals surface area contributed by atoms with Crippen LogP contribution in [-0.2, 0) is 0 Å². The molecule has 0 radical (unpaired) electrons. The Morgan fingerprint density at radius 1 is 1.14 bits per heavy atom. The largest absolute Gasteiger partial charge is 0.489 e. The smallest absolute Gasteiger partial charge is 0.287 e. The van der Waals surface area contributed by atoms with E-state index in [9.17, 15) is 13.6 Å². The van der Waals surface area contributed by atoms with Gasteiger partial charge >= 0.3 is 0 Å². The van der Waals surface area contributed by atoms with E-state index < -0.39 is 11.6 Å². The lowest BCUT2D eigenvalue weighted by atomic mass is 10.2. The molecule has 0 spiro atoms. The fourth-order valence-electron chi connectivity index (χ4n) is 2.33. The lowest BCUT2D eigenvalue weighted by molar-refractivity contribution is 0.0925. The predicted octanol–water partition coefficient (Wildman–Crippen LogP) is 2.85.